The lowest BCUT2D eigenvalue weighted by atomic mass is 10.1. The fourth-order valence-corrected chi connectivity index (χ4v) is 5.16. The number of aliphatic carboxylic acids is 1. The highest BCUT2D eigenvalue weighted by Crippen LogP contribution is 2.33. The van der Waals surface area contributed by atoms with Crippen molar-refractivity contribution in [3.8, 4) is 0 Å². The molecule has 14 heteroatoms. The summed E-state index contributed by atoms with van der Waals surface area (Å²) >= 11 is 1.23. The van der Waals surface area contributed by atoms with Gasteiger partial charge in [-0.3, -0.25) is 19.7 Å². The van der Waals surface area contributed by atoms with Crippen molar-refractivity contribution in [2.75, 3.05) is 12.4 Å². The van der Waals surface area contributed by atoms with Gasteiger partial charge < -0.3 is 30.9 Å². The van der Waals surface area contributed by atoms with E-state index in [1.165, 1.54) is 16.7 Å². The number of amides is 4. The van der Waals surface area contributed by atoms with Gasteiger partial charge in [-0.2, -0.15) is 0 Å². The van der Waals surface area contributed by atoms with Gasteiger partial charge in [-0.1, -0.05) is 30.3 Å². The van der Waals surface area contributed by atoms with Crippen molar-refractivity contribution >= 4 is 57.5 Å². The van der Waals surface area contributed by atoms with Crippen LogP contribution in [0.25, 0.3) is 11.0 Å². The smallest absolute Gasteiger partial charge is 0.325 e. The summed E-state index contributed by atoms with van der Waals surface area (Å²) in [6, 6.07) is 12.2. The van der Waals surface area contributed by atoms with Gasteiger partial charge >= 0.3 is 12.0 Å². The first-order valence-corrected chi connectivity index (χ1v) is 12.4. The van der Waals surface area contributed by atoms with E-state index < -0.39 is 42.1 Å². The van der Waals surface area contributed by atoms with E-state index in [0.29, 0.717) is 33.6 Å². The first-order chi connectivity index (χ1) is 18.2. The van der Waals surface area contributed by atoms with E-state index in [1.807, 2.05) is 35.2 Å². The minimum Gasteiger partial charge on any atom is -0.480 e. The van der Waals surface area contributed by atoms with Crippen LogP contribution in [0.2, 0.25) is 0 Å². The minimum absolute atomic E-state index is 0.360. The lowest BCUT2D eigenvalue weighted by Crippen LogP contribution is -2.63. The van der Waals surface area contributed by atoms with E-state index in [4.69, 9.17) is 15.8 Å². The third-order valence-electron chi connectivity index (χ3n) is 6.17. The summed E-state index contributed by atoms with van der Waals surface area (Å²) < 4.78 is 0. The molecule has 6 N–H and O–H groups in total. The van der Waals surface area contributed by atoms with Crippen molar-refractivity contribution in [1.82, 2.24) is 25.1 Å². The highest BCUT2D eigenvalue weighted by atomic mass is 32.2. The molecule has 0 bridgehead atoms. The summed E-state index contributed by atoms with van der Waals surface area (Å²) in [6.45, 7) is 0.401. The molecule has 3 heterocycles. The number of anilines is 1. The first kappa shape index (κ1) is 25.2. The molecule has 0 spiro atoms. The summed E-state index contributed by atoms with van der Waals surface area (Å²) in [7, 11) is 1.59. The summed E-state index contributed by atoms with van der Waals surface area (Å²) in [6.07, 6.45) is -1.03. The maximum Gasteiger partial charge on any atom is 0.325 e. The number of aromatic amines is 1. The molecule has 2 unspecified atom stereocenters. The minimum atomic E-state index is -1.29. The van der Waals surface area contributed by atoms with E-state index in [1.54, 1.807) is 25.2 Å². The molecule has 38 heavy (non-hydrogen) atoms. The fraction of sp³-hybridized carbons (Fsp3) is 0.250. The SMILES string of the molecule is CN1C(=O)NC(=O)C2C1N=C(Sc1nc3ccc(NC(=O)C[C@H](N)C(=O)O)cc3[nH]1)N2Cc1ccccc1. The Morgan fingerprint density at radius 2 is 1.97 bits per heavy atom. The Morgan fingerprint density at radius 1 is 1.21 bits per heavy atom. The van der Waals surface area contributed by atoms with Crippen LogP contribution >= 0.6 is 11.8 Å². The molecule has 196 valence electrons. The lowest BCUT2D eigenvalue weighted by molar-refractivity contribution is -0.140. The largest absolute Gasteiger partial charge is 0.480 e. The number of nitrogens with zero attached hydrogens (tertiary/aromatic N) is 4. The first-order valence-electron chi connectivity index (χ1n) is 11.6. The number of nitrogens with two attached hydrogens (primary N) is 1. The predicted molar refractivity (Wildman–Crippen MR) is 139 cm³/mol. The molecule has 5 rings (SSSR count). The molecular weight excluding hydrogens is 512 g/mol. The Hall–Kier alpha value is -4.43. The van der Waals surface area contributed by atoms with Crippen LogP contribution in [-0.4, -0.2) is 79.2 Å². The number of carbonyl (C=O) groups excluding carboxylic acids is 3. The summed E-state index contributed by atoms with van der Waals surface area (Å²) in [5.74, 6) is -2.19. The Bertz CT molecular complexity index is 1460. The molecule has 0 aliphatic carbocycles. The molecular formula is C24H24N8O5S. The number of carboxylic acids is 1. The van der Waals surface area contributed by atoms with Crippen LogP contribution in [-0.2, 0) is 20.9 Å². The van der Waals surface area contributed by atoms with E-state index >= 15 is 0 Å². The molecule has 13 nitrogen and oxygen atoms in total. The molecule has 1 fully saturated rings. The summed E-state index contributed by atoms with van der Waals surface area (Å²) in [4.78, 5) is 63.8. The van der Waals surface area contributed by atoms with Gasteiger partial charge in [0, 0.05) is 19.3 Å². The number of hydrogen-bond acceptors (Lipinski definition) is 9. The monoisotopic (exact) mass is 536 g/mol. The van der Waals surface area contributed by atoms with E-state index in [-0.39, 0.29) is 6.42 Å². The van der Waals surface area contributed by atoms with Crippen LogP contribution < -0.4 is 16.4 Å². The number of amidine groups is 1. The van der Waals surface area contributed by atoms with Crippen molar-refractivity contribution in [2.45, 2.75) is 36.4 Å². The van der Waals surface area contributed by atoms with Crippen molar-refractivity contribution in [3.63, 3.8) is 0 Å². The molecule has 3 atom stereocenters. The van der Waals surface area contributed by atoms with Crippen molar-refractivity contribution in [3.05, 3.63) is 54.1 Å². The van der Waals surface area contributed by atoms with E-state index in [2.05, 4.69) is 20.6 Å². The van der Waals surface area contributed by atoms with Gasteiger partial charge in [0.2, 0.25) is 5.91 Å². The van der Waals surface area contributed by atoms with Gasteiger partial charge in [0.25, 0.3) is 5.91 Å². The number of imide groups is 1. The van der Waals surface area contributed by atoms with Crippen LogP contribution in [0, 0.1) is 0 Å². The Labute approximate surface area is 220 Å². The maximum atomic E-state index is 12.8. The maximum absolute atomic E-state index is 12.8. The zero-order chi connectivity index (χ0) is 27.0. The number of aromatic nitrogens is 2. The number of benzene rings is 2. The second kappa shape index (κ2) is 10.1. The average Bonchev–Trinajstić information content (AvgIpc) is 3.44. The zero-order valence-corrected chi connectivity index (χ0v) is 20.9. The Balaban J connectivity index is 1.38. The number of hydrogen-bond donors (Lipinski definition) is 5. The third kappa shape index (κ3) is 5.03. The predicted octanol–water partition coefficient (Wildman–Crippen LogP) is 1.14. The molecule has 2 aromatic carbocycles. The number of likely N-dealkylation sites (N-methyl/N-ethyl adjacent to an activating group) is 1. The molecule has 2 aliphatic rings. The summed E-state index contributed by atoms with van der Waals surface area (Å²) in [5.41, 5.74) is 8.11. The number of imidazole rings is 1. The van der Waals surface area contributed by atoms with Crippen LogP contribution in [0.5, 0.6) is 0 Å². The standard InChI is InChI=1S/C24H24N8O5S/c1-31-19-18(20(34)30-23(31)37)32(11-12-5-3-2-4-6-12)24(29-19)38-22-27-15-8-7-13(9-16(15)28-22)26-17(33)10-14(25)21(35)36/h2-9,14,18-19H,10-11,25H2,1H3,(H,26,33)(H,27,28)(H,35,36)(H,30,34,37)/t14-,18?,19?/m0/s1. The van der Waals surface area contributed by atoms with Gasteiger partial charge in [-0.05, 0) is 35.5 Å². The molecule has 1 aromatic heterocycles. The second-order valence-corrected chi connectivity index (χ2v) is 9.82. The Kier molecular flexibility index (Phi) is 6.73. The highest BCUT2D eigenvalue weighted by Gasteiger charge is 2.48. The van der Waals surface area contributed by atoms with Crippen LogP contribution in [0.3, 0.4) is 0 Å². The van der Waals surface area contributed by atoms with Gasteiger partial charge in [0.1, 0.15) is 6.04 Å². The number of carboxylic acid groups (broad SMARTS) is 1. The number of thioether (sulfide) groups is 1. The van der Waals surface area contributed by atoms with Crippen LogP contribution in [0.15, 0.2) is 58.7 Å². The van der Waals surface area contributed by atoms with Crippen molar-refractivity contribution in [1.29, 1.82) is 0 Å². The molecule has 0 saturated carbocycles. The van der Waals surface area contributed by atoms with Crippen molar-refractivity contribution in [2.24, 2.45) is 10.7 Å². The average molecular weight is 537 g/mol. The molecule has 1 saturated heterocycles. The number of rotatable bonds is 7. The van der Waals surface area contributed by atoms with Gasteiger partial charge in [0.15, 0.2) is 22.5 Å². The van der Waals surface area contributed by atoms with Gasteiger partial charge in [-0.25, -0.2) is 14.8 Å². The number of fused-ring (bicyclic) bond motifs is 2. The normalized spacial score (nSPS) is 19.7. The van der Waals surface area contributed by atoms with E-state index in [0.717, 1.165) is 5.56 Å². The zero-order valence-electron chi connectivity index (χ0n) is 20.1. The highest BCUT2D eigenvalue weighted by molar-refractivity contribution is 8.13. The number of urea groups is 1. The molecule has 4 amide bonds. The van der Waals surface area contributed by atoms with Crippen molar-refractivity contribution < 1.29 is 24.3 Å². The fourth-order valence-electron chi connectivity index (χ4n) is 4.23. The van der Waals surface area contributed by atoms with E-state index in [9.17, 15) is 19.2 Å². The number of carbonyl (C=O) groups is 4. The number of nitrogens with one attached hydrogen (secondary N) is 3. The van der Waals surface area contributed by atoms with Gasteiger partial charge in [-0.15, -0.1) is 0 Å². The van der Waals surface area contributed by atoms with Crippen LogP contribution in [0.1, 0.15) is 12.0 Å². The molecule has 0 radical (unpaired) electrons. The topological polar surface area (TPSA) is 186 Å². The Morgan fingerprint density at radius 3 is 2.71 bits per heavy atom. The number of aliphatic imine (C=N–C) groups is 1. The van der Waals surface area contributed by atoms with Gasteiger partial charge in [0.05, 0.1) is 17.5 Å². The molecule has 3 aromatic rings. The number of H-pyrrole nitrogens is 1. The second-order valence-electron chi connectivity index (χ2n) is 8.86. The summed E-state index contributed by atoms with van der Waals surface area (Å²) in [5, 5.41) is 14.9. The lowest BCUT2D eigenvalue weighted by Gasteiger charge is -2.36. The third-order valence-corrected chi connectivity index (χ3v) is 7.08. The van der Waals surface area contributed by atoms with Crippen LogP contribution in [0.4, 0.5) is 10.5 Å². The quantitative estimate of drug-likeness (QED) is 0.295. The molecule has 2 aliphatic heterocycles.